The maximum Gasteiger partial charge on any atom is 0.423 e. The fraction of sp³-hybridized carbons (Fsp3) is 0.684. The molecule has 0 bridgehead atoms. The molecule has 2 rings (SSSR count). The molecule has 30 heavy (non-hydrogen) atoms. The minimum Gasteiger partial charge on any atom is -0.363 e. The van der Waals surface area contributed by atoms with Gasteiger partial charge in [0.15, 0.2) is 0 Å². The highest BCUT2D eigenvalue weighted by Crippen LogP contribution is 2.32. The van der Waals surface area contributed by atoms with Crippen LogP contribution in [0.4, 0.5) is 13.2 Å². The Kier molecular flexibility index (Phi) is 9.10. The Morgan fingerprint density at radius 1 is 1.33 bits per heavy atom. The molecule has 0 saturated carbocycles. The van der Waals surface area contributed by atoms with E-state index in [1.54, 1.807) is 4.98 Å². The van der Waals surface area contributed by atoms with Gasteiger partial charge in [0.1, 0.15) is 31.3 Å². The normalized spacial score (nSPS) is 21.4. The first-order chi connectivity index (χ1) is 14.3. The van der Waals surface area contributed by atoms with Crippen LogP contribution in [-0.4, -0.2) is 48.9 Å². The van der Waals surface area contributed by atoms with E-state index < -0.39 is 41.4 Å². The molecule has 0 aromatic carbocycles. The summed E-state index contributed by atoms with van der Waals surface area (Å²) < 4.78 is 61.4. The SMILES string of the molecule is CCCCC#CCO[C@H]1C[C@H](n2cc(C(F)(F)F)c(=O)[nH]c2=O)O[C@@H]1COCOC. The van der Waals surface area contributed by atoms with Crippen LogP contribution < -0.4 is 11.2 Å². The van der Waals surface area contributed by atoms with Gasteiger partial charge in [0.2, 0.25) is 0 Å². The van der Waals surface area contributed by atoms with Crippen molar-refractivity contribution >= 4 is 0 Å². The van der Waals surface area contributed by atoms with E-state index in [0.29, 0.717) is 10.8 Å². The molecule has 0 unspecified atom stereocenters. The van der Waals surface area contributed by atoms with Crippen molar-refractivity contribution < 1.29 is 32.1 Å². The molecular formula is C19H25F3N2O6. The first-order valence-corrected chi connectivity index (χ1v) is 9.50. The van der Waals surface area contributed by atoms with Crippen LogP contribution in [0.3, 0.4) is 0 Å². The van der Waals surface area contributed by atoms with Crippen LogP contribution in [0, 0.1) is 11.8 Å². The van der Waals surface area contributed by atoms with Crippen LogP contribution >= 0.6 is 0 Å². The van der Waals surface area contributed by atoms with E-state index in [4.69, 9.17) is 18.9 Å². The lowest BCUT2D eigenvalue weighted by Crippen LogP contribution is -2.36. The van der Waals surface area contributed by atoms with E-state index in [-0.39, 0.29) is 26.4 Å². The minimum absolute atomic E-state index is 0.00903. The highest BCUT2D eigenvalue weighted by atomic mass is 19.4. The van der Waals surface area contributed by atoms with Crippen molar-refractivity contribution in [3.8, 4) is 11.8 Å². The lowest BCUT2D eigenvalue weighted by molar-refractivity contribution is -0.140. The van der Waals surface area contributed by atoms with E-state index >= 15 is 0 Å². The number of hydrogen-bond donors (Lipinski definition) is 1. The Labute approximate surface area is 171 Å². The van der Waals surface area contributed by atoms with Gasteiger partial charge >= 0.3 is 11.9 Å². The number of nitrogens with one attached hydrogen (secondary N) is 1. The molecule has 168 valence electrons. The third-order valence-electron chi connectivity index (χ3n) is 4.40. The summed E-state index contributed by atoms with van der Waals surface area (Å²) >= 11 is 0. The van der Waals surface area contributed by atoms with Gasteiger partial charge in [-0.05, 0) is 6.42 Å². The molecule has 1 fully saturated rings. The Balaban J connectivity index is 2.16. The number of ether oxygens (including phenoxy) is 4. The maximum absolute atomic E-state index is 13.1. The van der Waals surface area contributed by atoms with Gasteiger partial charge in [-0.15, -0.1) is 5.92 Å². The number of hydrogen-bond acceptors (Lipinski definition) is 6. The van der Waals surface area contributed by atoms with Gasteiger partial charge in [-0.2, -0.15) is 13.2 Å². The summed E-state index contributed by atoms with van der Waals surface area (Å²) in [7, 11) is 1.44. The van der Waals surface area contributed by atoms with E-state index in [1.807, 2.05) is 0 Å². The van der Waals surface area contributed by atoms with Crippen molar-refractivity contribution in [3.05, 3.63) is 32.6 Å². The molecule has 1 aromatic heterocycles. The first kappa shape index (κ1) is 24.1. The molecule has 1 saturated heterocycles. The highest BCUT2D eigenvalue weighted by Gasteiger charge is 2.40. The molecule has 2 heterocycles. The molecule has 1 aliphatic rings. The zero-order chi connectivity index (χ0) is 22.1. The summed E-state index contributed by atoms with van der Waals surface area (Å²) in [6.45, 7) is 2.20. The Bertz CT molecular complexity index is 855. The zero-order valence-electron chi connectivity index (χ0n) is 16.8. The third-order valence-corrected chi connectivity index (χ3v) is 4.40. The van der Waals surface area contributed by atoms with Crippen LogP contribution in [0.5, 0.6) is 0 Å². The molecule has 1 N–H and O–H groups in total. The second-order valence-electron chi connectivity index (χ2n) is 6.66. The smallest absolute Gasteiger partial charge is 0.363 e. The van der Waals surface area contributed by atoms with Gasteiger partial charge < -0.3 is 18.9 Å². The average molecular weight is 434 g/mol. The Morgan fingerprint density at radius 3 is 2.77 bits per heavy atom. The molecule has 0 aliphatic carbocycles. The van der Waals surface area contributed by atoms with Crippen molar-refractivity contribution in [2.75, 3.05) is 27.1 Å². The molecule has 1 aliphatic heterocycles. The molecule has 0 spiro atoms. The van der Waals surface area contributed by atoms with Crippen LogP contribution in [0.25, 0.3) is 0 Å². The van der Waals surface area contributed by atoms with Gasteiger partial charge in [0, 0.05) is 26.1 Å². The fourth-order valence-electron chi connectivity index (χ4n) is 2.90. The van der Waals surface area contributed by atoms with Crippen LogP contribution in [0.15, 0.2) is 15.8 Å². The number of H-pyrrole nitrogens is 1. The van der Waals surface area contributed by atoms with Crippen LogP contribution in [-0.2, 0) is 25.1 Å². The van der Waals surface area contributed by atoms with E-state index in [1.165, 1.54) is 7.11 Å². The second kappa shape index (κ2) is 11.3. The lowest BCUT2D eigenvalue weighted by Gasteiger charge is -2.18. The molecule has 3 atom stereocenters. The van der Waals surface area contributed by atoms with Gasteiger partial charge in [0.05, 0.1) is 12.7 Å². The summed E-state index contributed by atoms with van der Waals surface area (Å²) in [5.41, 5.74) is -3.99. The van der Waals surface area contributed by atoms with Gasteiger partial charge in [-0.1, -0.05) is 19.3 Å². The topological polar surface area (TPSA) is 91.8 Å². The molecule has 0 radical (unpaired) electrons. The number of nitrogens with zero attached hydrogens (tertiary/aromatic N) is 1. The Hall–Kier alpha value is -2.13. The number of halogens is 3. The average Bonchev–Trinajstić information content (AvgIpc) is 3.06. The summed E-state index contributed by atoms with van der Waals surface area (Å²) in [6, 6.07) is 0. The van der Waals surface area contributed by atoms with E-state index in [2.05, 4.69) is 18.8 Å². The van der Waals surface area contributed by atoms with Crippen LogP contribution in [0.2, 0.25) is 0 Å². The number of alkyl halides is 3. The monoisotopic (exact) mass is 434 g/mol. The van der Waals surface area contributed by atoms with Crippen molar-refractivity contribution in [1.29, 1.82) is 0 Å². The lowest BCUT2D eigenvalue weighted by atomic mass is 10.2. The van der Waals surface area contributed by atoms with Crippen LogP contribution in [0.1, 0.15) is 44.4 Å². The maximum atomic E-state index is 13.1. The number of rotatable bonds is 9. The zero-order valence-corrected chi connectivity index (χ0v) is 16.8. The Morgan fingerprint density at radius 2 is 2.10 bits per heavy atom. The quantitative estimate of drug-likeness (QED) is 0.363. The van der Waals surface area contributed by atoms with E-state index in [9.17, 15) is 22.8 Å². The second-order valence-corrected chi connectivity index (χ2v) is 6.66. The molecule has 8 nitrogen and oxygen atoms in total. The molecular weight excluding hydrogens is 409 g/mol. The number of aromatic amines is 1. The summed E-state index contributed by atoms with van der Waals surface area (Å²) in [6.07, 6.45) is -3.90. The van der Waals surface area contributed by atoms with Crippen molar-refractivity contribution in [3.63, 3.8) is 0 Å². The standard InChI is InChI=1S/C19H25F3N2O6/c1-3-4-5-6-7-8-29-14-9-16(30-15(14)11-28-12-27-2)24-10-13(19(20,21)22)17(25)23-18(24)26/h10,14-16H,3-5,8-9,11-12H2,1-2H3,(H,23,25,26)/t14-,15+,16+/m0/s1. The van der Waals surface area contributed by atoms with E-state index in [0.717, 1.165) is 19.3 Å². The van der Waals surface area contributed by atoms with Crippen molar-refractivity contribution in [2.45, 2.75) is 57.2 Å². The molecule has 1 aromatic rings. The number of aromatic nitrogens is 2. The minimum atomic E-state index is -4.91. The predicted molar refractivity (Wildman–Crippen MR) is 99.7 cm³/mol. The largest absolute Gasteiger partial charge is 0.423 e. The van der Waals surface area contributed by atoms with Gasteiger partial charge in [0.25, 0.3) is 5.56 Å². The van der Waals surface area contributed by atoms with Crippen molar-refractivity contribution in [1.82, 2.24) is 9.55 Å². The summed E-state index contributed by atoms with van der Waals surface area (Å²) in [5.74, 6) is 5.85. The first-order valence-electron chi connectivity index (χ1n) is 9.50. The van der Waals surface area contributed by atoms with Gasteiger partial charge in [-0.25, -0.2) is 4.79 Å². The summed E-state index contributed by atoms with van der Waals surface area (Å²) in [4.78, 5) is 25.3. The van der Waals surface area contributed by atoms with Crippen molar-refractivity contribution in [2.24, 2.45) is 0 Å². The van der Waals surface area contributed by atoms with Gasteiger partial charge in [-0.3, -0.25) is 14.3 Å². The summed E-state index contributed by atoms with van der Waals surface area (Å²) in [5, 5.41) is 0. The molecule has 0 amide bonds. The fourth-order valence-corrected chi connectivity index (χ4v) is 2.90. The third kappa shape index (κ3) is 6.70. The molecule has 11 heteroatoms. The number of unbranched alkanes of at least 4 members (excludes halogenated alkanes) is 2. The predicted octanol–water partition coefficient (Wildman–Crippen LogP) is 2.04. The number of methoxy groups -OCH3 is 1. The highest BCUT2D eigenvalue weighted by molar-refractivity contribution is 5.09.